The summed E-state index contributed by atoms with van der Waals surface area (Å²) < 4.78 is 0. The molecule has 1 rings (SSSR count). The molecular formula is C30H63N2O3P. The first-order valence-electron chi connectivity index (χ1n) is 15.4. The van der Waals surface area contributed by atoms with Crippen molar-refractivity contribution < 1.29 is 14.7 Å². The molecule has 0 spiro atoms. The second-order valence-corrected chi connectivity index (χ2v) is 17.4. The number of hydrogen-bond acceptors (Lipinski definition) is 4. The number of carbonyl (C=O) groups excluding carboxylic acids is 1. The van der Waals surface area contributed by atoms with E-state index < -0.39 is 13.4 Å². The first kappa shape index (κ1) is 33.8. The van der Waals surface area contributed by atoms with Gasteiger partial charge < -0.3 is 0 Å². The number of nitrogens with zero attached hydrogens (tertiary/aromatic N) is 1. The van der Waals surface area contributed by atoms with Crippen LogP contribution >= 0.6 is 7.26 Å². The Morgan fingerprint density at radius 2 is 1.47 bits per heavy atom. The predicted molar refractivity (Wildman–Crippen MR) is 160 cm³/mol. The zero-order valence-corrected chi connectivity index (χ0v) is 26.5. The second kappa shape index (κ2) is 16.0. The molecule has 1 heterocycles. The van der Waals surface area contributed by atoms with Gasteiger partial charge in [-0.1, -0.05) is 0 Å². The second-order valence-electron chi connectivity index (χ2n) is 12.4. The molecule has 0 aromatic carbocycles. The zero-order chi connectivity index (χ0) is 27.4. The summed E-state index contributed by atoms with van der Waals surface area (Å²) in [4.78, 5) is 19.6. The minimum absolute atomic E-state index is 0.0198. The quantitative estimate of drug-likeness (QED) is 0.148. The molecule has 0 bridgehead atoms. The number of amides is 1. The molecule has 216 valence electrons. The molecule has 2 N–H and O–H groups in total. The molecular weight excluding hydrogens is 467 g/mol. The molecule has 5 nitrogen and oxygen atoms in total. The van der Waals surface area contributed by atoms with E-state index in [1.54, 1.807) is 0 Å². The van der Waals surface area contributed by atoms with Crippen LogP contribution in [0.25, 0.3) is 0 Å². The van der Waals surface area contributed by atoms with Crippen molar-refractivity contribution in [1.29, 1.82) is 0 Å². The van der Waals surface area contributed by atoms with Gasteiger partial charge in [-0.05, 0) is 0 Å². The van der Waals surface area contributed by atoms with E-state index >= 15 is 0 Å². The van der Waals surface area contributed by atoms with Gasteiger partial charge >= 0.3 is 225 Å². The molecule has 5 atom stereocenters. The van der Waals surface area contributed by atoms with E-state index in [4.69, 9.17) is 4.84 Å². The van der Waals surface area contributed by atoms with E-state index in [1.807, 2.05) is 6.92 Å². The molecule has 0 radical (unpaired) electrons. The minimum atomic E-state index is -1.27. The number of hydrogen-bond donors (Lipinski definition) is 2. The van der Waals surface area contributed by atoms with Gasteiger partial charge in [0, 0.05) is 0 Å². The average molecular weight is 531 g/mol. The van der Waals surface area contributed by atoms with E-state index in [1.165, 1.54) is 63.2 Å². The Labute approximate surface area is 225 Å². The monoisotopic (exact) mass is 530 g/mol. The van der Waals surface area contributed by atoms with Crippen LogP contribution in [0.4, 0.5) is 0 Å². The molecule has 36 heavy (non-hydrogen) atoms. The molecule has 1 aliphatic rings. The van der Waals surface area contributed by atoms with Gasteiger partial charge in [0.25, 0.3) is 0 Å². The first-order chi connectivity index (χ1) is 17.0. The molecule has 0 aliphatic carbocycles. The summed E-state index contributed by atoms with van der Waals surface area (Å²) in [6.07, 6.45) is 16.3. The van der Waals surface area contributed by atoms with Crippen LogP contribution in [0.5, 0.6) is 0 Å². The van der Waals surface area contributed by atoms with Crippen molar-refractivity contribution in [2.24, 2.45) is 5.92 Å². The third kappa shape index (κ3) is 8.92. The summed E-state index contributed by atoms with van der Waals surface area (Å²) in [5, 5.41) is 16.1. The van der Waals surface area contributed by atoms with E-state index in [0.29, 0.717) is 6.42 Å². The molecule has 0 aromatic heterocycles. The maximum absolute atomic E-state index is 13.1. The number of rotatable bonds is 18. The molecule has 1 saturated heterocycles. The van der Waals surface area contributed by atoms with Gasteiger partial charge in [0.1, 0.15) is 0 Å². The number of carbonyl (C=O) groups is 1. The van der Waals surface area contributed by atoms with Gasteiger partial charge in [-0.3, -0.25) is 0 Å². The molecule has 1 aliphatic heterocycles. The van der Waals surface area contributed by atoms with E-state index in [2.05, 4.69) is 65.8 Å². The summed E-state index contributed by atoms with van der Waals surface area (Å²) in [6, 6.07) is 0. The van der Waals surface area contributed by atoms with Crippen molar-refractivity contribution in [1.82, 2.24) is 10.4 Å². The molecule has 0 aromatic rings. The normalized spacial score (nSPS) is 28.7. The zero-order valence-electron chi connectivity index (χ0n) is 25.5. The van der Waals surface area contributed by atoms with Gasteiger partial charge in [0.2, 0.25) is 0 Å². The first-order valence-corrected chi connectivity index (χ1v) is 18.2. The molecule has 1 fully saturated rings. The van der Waals surface area contributed by atoms with Crippen molar-refractivity contribution in [3.8, 4) is 0 Å². The van der Waals surface area contributed by atoms with Crippen LogP contribution < -0.4 is 5.32 Å². The maximum atomic E-state index is 13.1. The number of nitrogens with one attached hydrogen (secondary N) is 1. The predicted octanol–water partition coefficient (Wildman–Crippen LogP) is 7.00. The Kier molecular flexibility index (Phi) is 15.0. The van der Waals surface area contributed by atoms with Crippen LogP contribution in [-0.2, 0) is 9.63 Å². The van der Waals surface area contributed by atoms with Crippen LogP contribution in [0, 0.1) is 5.92 Å². The average Bonchev–Trinajstić information content (AvgIpc) is 2.88. The van der Waals surface area contributed by atoms with Crippen LogP contribution in [0.15, 0.2) is 0 Å². The third-order valence-corrected chi connectivity index (χ3v) is 15.3. The van der Waals surface area contributed by atoms with E-state index in [-0.39, 0.29) is 29.0 Å². The summed E-state index contributed by atoms with van der Waals surface area (Å²) in [5.41, 5.74) is -0.617. The summed E-state index contributed by atoms with van der Waals surface area (Å²) in [5.74, 6) is 0.0541. The van der Waals surface area contributed by atoms with E-state index in [9.17, 15) is 9.90 Å². The summed E-state index contributed by atoms with van der Waals surface area (Å²) in [7, 11) is -1.27. The Balaban J connectivity index is 2.79. The van der Waals surface area contributed by atoms with Crippen molar-refractivity contribution in [3.63, 3.8) is 0 Å². The number of unbranched alkanes of at least 4 members (excludes halogenated alkanes) is 3. The third-order valence-electron chi connectivity index (χ3n) is 9.64. The topological polar surface area (TPSA) is 61.8 Å². The molecule has 6 heteroatoms. The Bertz CT molecular complexity index is 612. The molecule has 5 unspecified atom stereocenters. The van der Waals surface area contributed by atoms with Crippen LogP contribution in [0.3, 0.4) is 0 Å². The Morgan fingerprint density at radius 3 is 1.92 bits per heavy atom. The van der Waals surface area contributed by atoms with Crippen molar-refractivity contribution in [2.45, 2.75) is 150 Å². The number of aliphatic hydroxyl groups excluding tert-OH is 1. The Hall–Kier alpha value is -0.220. The van der Waals surface area contributed by atoms with Gasteiger partial charge in [-0.2, -0.15) is 0 Å². The Morgan fingerprint density at radius 1 is 0.972 bits per heavy atom. The van der Waals surface area contributed by atoms with E-state index in [0.717, 1.165) is 25.8 Å². The standard InChI is InChI=1S/C30H63N2O3P/c1-10-15-20-36(21-16-11-2,22-17-12-3)23-18-19-31-28(34)26(7)35-32-29(8,13-4)24-27(33)25(6)30(32,9)14-5/h25-27,33,36H,10-24H2,1-9H3,(H,31,34). The van der Waals surface area contributed by atoms with Crippen molar-refractivity contribution in [3.05, 3.63) is 0 Å². The summed E-state index contributed by atoms with van der Waals surface area (Å²) in [6.45, 7) is 20.3. The SMILES string of the molecule is CCCC[PH](CCCC)(CCCC)CCCNC(=O)C(C)ON1C(C)(CC)CC(O)C(C)C1(C)CC. The van der Waals surface area contributed by atoms with Gasteiger partial charge in [-0.15, -0.1) is 0 Å². The molecule has 0 saturated carbocycles. The van der Waals surface area contributed by atoms with Crippen molar-refractivity contribution >= 4 is 13.2 Å². The number of aliphatic hydroxyl groups is 1. The number of piperidine rings is 1. The van der Waals surface area contributed by atoms with Gasteiger partial charge in [0.05, 0.1) is 0 Å². The fraction of sp³-hybridized carbons (Fsp3) is 0.967. The fourth-order valence-electron chi connectivity index (χ4n) is 6.36. The van der Waals surface area contributed by atoms with Crippen LogP contribution in [0.2, 0.25) is 0 Å². The molecule has 1 amide bonds. The van der Waals surface area contributed by atoms with Crippen LogP contribution in [0.1, 0.15) is 127 Å². The van der Waals surface area contributed by atoms with Crippen molar-refractivity contribution in [2.75, 3.05) is 31.2 Å². The fourth-order valence-corrected chi connectivity index (χ4v) is 12.1. The van der Waals surface area contributed by atoms with Gasteiger partial charge in [-0.25, -0.2) is 0 Å². The van der Waals surface area contributed by atoms with Gasteiger partial charge in [0.15, 0.2) is 0 Å². The number of hydroxylamine groups is 2. The van der Waals surface area contributed by atoms with Crippen LogP contribution in [-0.4, -0.2) is 70.6 Å². The summed E-state index contributed by atoms with van der Waals surface area (Å²) >= 11 is 0.